The second-order valence-corrected chi connectivity index (χ2v) is 16.1. The molecule has 2 aromatic rings. The topological polar surface area (TPSA) is 96.8 Å². The number of carbonyl (C=O) groups excluding carboxylic acids is 1. The van der Waals surface area contributed by atoms with Crippen LogP contribution in [0.25, 0.3) is 0 Å². The Morgan fingerprint density at radius 2 is 1.47 bits per heavy atom. The molecule has 45 heavy (non-hydrogen) atoms. The zero-order valence-electron chi connectivity index (χ0n) is 28.2. The summed E-state index contributed by atoms with van der Waals surface area (Å²) in [5.41, 5.74) is 15.3. The molecular weight excluding hydrogens is 560 g/mol. The van der Waals surface area contributed by atoms with Crippen LogP contribution in [-0.4, -0.2) is 18.2 Å². The standard InChI is InChI=1S/C39H56N2O4/c1-24(2)20-25(3)32-14-15-33-31-22-36(45-43-23-26-6-10-28(40)11-7-26)35-21-30(44-37(42)27-8-12-29(41)13-9-27)16-18-39(35,5)34(31)17-19-38(32,33)4/h6-13,24-25,30-36H,14-23,40-41H2,1-5H3. The molecule has 4 N–H and O–H groups in total. The maximum atomic E-state index is 13.1. The summed E-state index contributed by atoms with van der Waals surface area (Å²) in [5, 5.41) is 0. The Kier molecular flexibility index (Phi) is 9.29. The van der Waals surface area contributed by atoms with Gasteiger partial charge in [-0.3, -0.25) is 0 Å². The molecule has 6 heteroatoms. The van der Waals surface area contributed by atoms with Gasteiger partial charge in [0.2, 0.25) is 0 Å². The van der Waals surface area contributed by atoms with Crippen LogP contribution >= 0.6 is 0 Å². The van der Waals surface area contributed by atoms with E-state index in [9.17, 15) is 4.79 Å². The van der Waals surface area contributed by atoms with Crippen molar-refractivity contribution in [3.8, 4) is 0 Å². The fourth-order valence-electron chi connectivity index (χ4n) is 11.0. The molecule has 4 saturated carbocycles. The first-order valence-electron chi connectivity index (χ1n) is 17.7. The number of hydrogen-bond acceptors (Lipinski definition) is 6. The van der Waals surface area contributed by atoms with Crippen molar-refractivity contribution >= 4 is 17.3 Å². The molecule has 6 nitrogen and oxygen atoms in total. The second-order valence-electron chi connectivity index (χ2n) is 16.1. The Hall–Kier alpha value is -2.57. The van der Waals surface area contributed by atoms with Crippen LogP contribution in [0, 0.1) is 52.3 Å². The summed E-state index contributed by atoms with van der Waals surface area (Å²) in [5.74, 6) is 4.36. The highest BCUT2D eigenvalue weighted by Gasteiger charge is 2.63. The highest BCUT2D eigenvalue weighted by Crippen LogP contribution is 2.69. The number of esters is 1. The number of carbonyl (C=O) groups is 1. The largest absolute Gasteiger partial charge is 0.459 e. The van der Waals surface area contributed by atoms with Gasteiger partial charge in [0.1, 0.15) is 12.7 Å². The fourth-order valence-corrected chi connectivity index (χ4v) is 11.0. The van der Waals surface area contributed by atoms with Crippen LogP contribution in [0.1, 0.15) is 108 Å². The van der Waals surface area contributed by atoms with E-state index in [1.54, 1.807) is 24.3 Å². The molecule has 246 valence electrons. The third kappa shape index (κ3) is 6.39. The van der Waals surface area contributed by atoms with Gasteiger partial charge in [0.15, 0.2) is 0 Å². The molecular formula is C39H56N2O4. The summed E-state index contributed by atoms with van der Waals surface area (Å²) in [6.07, 6.45) is 10.3. The lowest BCUT2D eigenvalue weighted by Gasteiger charge is -2.62. The lowest BCUT2D eigenvalue weighted by Crippen LogP contribution is -2.59. The van der Waals surface area contributed by atoms with Crippen LogP contribution in [-0.2, 0) is 21.1 Å². The predicted octanol–water partition coefficient (Wildman–Crippen LogP) is 8.84. The quantitative estimate of drug-likeness (QED) is 0.126. The van der Waals surface area contributed by atoms with Crippen molar-refractivity contribution in [2.75, 3.05) is 11.5 Å². The monoisotopic (exact) mass is 616 g/mol. The summed E-state index contributed by atoms with van der Waals surface area (Å²) < 4.78 is 6.15. The minimum Gasteiger partial charge on any atom is -0.459 e. The first-order chi connectivity index (χ1) is 21.5. The van der Waals surface area contributed by atoms with Crippen molar-refractivity contribution in [1.82, 2.24) is 0 Å². The Bertz CT molecular complexity index is 1310. The molecule has 6 rings (SSSR count). The summed E-state index contributed by atoms with van der Waals surface area (Å²) in [6, 6.07) is 14.8. The average Bonchev–Trinajstić information content (AvgIpc) is 3.36. The van der Waals surface area contributed by atoms with Crippen LogP contribution in [0.4, 0.5) is 11.4 Å². The number of fused-ring (bicyclic) bond motifs is 5. The van der Waals surface area contributed by atoms with Gasteiger partial charge in [-0.25, -0.2) is 14.6 Å². The molecule has 10 atom stereocenters. The molecule has 2 aromatic carbocycles. The van der Waals surface area contributed by atoms with E-state index in [1.165, 1.54) is 32.1 Å². The Balaban J connectivity index is 1.22. The van der Waals surface area contributed by atoms with Gasteiger partial charge >= 0.3 is 5.97 Å². The molecule has 10 unspecified atom stereocenters. The van der Waals surface area contributed by atoms with Crippen LogP contribution < -0.4 is 11.5 Å². The first kappa shape index (κ1) is 32.4. The predicted molar refractivity (Wildman–Crippen MR) is 180 cm³/mol. The Morgan fingerprint density at radius 3 is 2.16 bits per heavy atom. The minimum atomic E-state index is -0.268. The van der Waals surface area contributed by atoms with Crippen molar-refractivity contribution in [3.63, 3.8) is 0 Å². The van der Waals surface area contributed by atoms with E-state index in [-0.39, 0.29) is 29.5 Å². The van der Waals surface area contributed by atoms with Gasteiger partial charge in [-0.05, 0) is 152 Å². The molecule has 0 radical (unpaired) electrons. The second kappa shape index (κ2) is 12.9. The third-order valence-electron chi connectivity index (χ3n) is 13.0. The normalized spacial score (nSPS) is 36.5. The molecule has 0 heterocycles. The van der Waals surface area contributed by atoms with Gasteiger partial charge in [0.25, 0.3) is 0 Å². The van der Waals surface area contributed by atoms with E-state index in [0.717, 1.165) is 60.6 Å². The van der Waals surface area contributed by atoms with E-state index in [1.807, 2.05) is 24.3 Å². The van der Waals surface area contributed by atoms with Crippen LogP contribution in [0.15, 0.2) is 48.5 Å². The summed E-state index contributed by atoms with van der Waals surface area (Å²) in [4.78, 5) is 25.6. The first-order valence-corrected chi connectivity index (χ1v) is 17.7. The van der Waals surface area contributed by atoms with Crippen molar-refractivity contribution in [3.05, 3.63) is 59.7 Å². The molecule has 4 fully saturated rings. The van der Waals surface area contributed by atoms with Crippen LogP contribution in [0.2, 0.25) is 0 Å². The highest BCUT2D eigenvalue weighted by atomic mass is 17.2. The molecule has 0 spiro atoms. The smallest absolute Gasteiger partial charge is 0.338 e. The Labute approximate surface area is 270 Å². The number of benzene rings is 2. The molecule has 0 aromatic heterocycles. The molecule has 0 bridgehead atoms. The van der Waals surface area contributed by atoms with Crippen molar-refractivity contribution in [2.24, 2.45) is 52.3 Å². The number of anilines is 2. The highest BCUT2D eigenvalue weighted by molar-refractivity contribution is 5.89. The van der Waals surface area contributed by atoms with Crippen LogP contribution in [0.5, 0.6) is 0 Å². The molecule has 4 aliphatic carbocycles. The number of nitrogens with two attached hydrogens (primary N) is 2. The van der Waals surface area contributed by atoms with Gasteiger partial charge in [0.05, 0.1) is 11.7 Å². The van der Waals surface area contributed by atoms with E-state index in [4.69, 9.17) is 26.0 Å². The molecule has 0 aliphatic heterocycles. The van der Waals surface area contributed by atoms with Crippen LogP contribution in [0.3, 0.4) is 0 Å². The molecule has 0 amide bonds. The molecule has 0 saturated heterocycles. The van der Waals surface area contributed by atoms with Crippen molar-refractivity contribution in [1.29, 1.82) is 0 Å². The maximum Gasteiger partial charge on any atom is 0.338 e. The van der Waals surface area contributed by atoms with E-state index < -0.39 is 0 Å². The number of hydrogen-bond donors (Lipinski definition) is 2. The maximum absolute atomic E-state index is 13.1. The zero-order chi connectivity index (χ0) is 31.9. The van der Waals surface area contributed by atoms with Gasteiger partial charge in [-0.1, -0.05) is 46.8 Å². The SMILES string of the molecule is CC(C)CC(C)C1CCC2C3CC(OOCc4ccc(N)cc4)C4CC(OC(=O)c5ccc(N)cc5)CCC4(C)C3CCC12C. The fraction of sp³-hybridized carbons (Fsp3) is 0.667. The molecule has 4 aliphatic rings. The summed E-state index contributed by atoms with van der Waals surface area (Å²) >= 11 is 0. The average molecular weight is 617 g/mol. The van der Waals surface area contributed by atoms with Gasteiger partial charge in [-0.15, -0.1) is 0 Å². The number of nitrogen functional groups attached to an aromatic ring is 2. The van der Waals surface area contributed by atoms with Gasteiger partial charge in [0, 0.05) is 11.4 Å². The Morgan fingerprint density at radius 1 is 0.822 bits per heavy atom. The van der Waals surface area contributed by atoms with E-state index in [2.05, 4.69) is 34.6 Å². The minimum absolute atomic E-state index is 0.0301. The lowest BCUT2D eigenvalue weighted by molar-refractivity contribution is -0.365. The lowest BCUT2D eigenvalue weighted by atomic mass is 9.43. The number of ether oxygens (including phenoxy) is 1. The van der Waals surface area contributed by atoms with Gasteiger partial charge < -0.3 is 16.2 Å². The zero-order valence-corrected chi connectivity index (χ0v) is 28.2. The number of rotatable bonds is 9. The van der Waals surface area contributed by atoms with Crippen molar-refractivity contribution in [2.45, 2.75) is 111 Å². The van der Waals surface area contributed by atoms with Gasteiger partial charge in [-0.2, -0.15) is 0 Å². The summed E-state index contributed by atoms with van der Waals surface area (Å²) in [6.45, 7) is 12.8. The van der Waals surface area contributed by atoms with E-state index in [0.29, 0.717) is 35.1 Å². The third-order valence-corrected chi connectivity index (χ3v) is 13.0. The van der Waals surface area contributed by atoms with Crippen molar-refractivity contribution < 1.29 is 19.3 Å². The van der Waals surface area contributed by atoms with E-state index >= 15 is 0 Å². The summed E-state index contributed by atoms with van der Waals surface area (Å²) in [7, 11) is 0.